The van der Waals surface area contributed by atoms with Gasteiger partial charge in [-0.1, -0.05) is 6.42 Å². The Morgan fingerprint density at radius 3 is 2.75 bits per heavy atom. The van der Waals surface area contributed by atoms with Gasteiger partial charge in [0.2, 0.25) is 5.91 Å². The highest BCUT2D eigenvalue weighted by atomic mass is 19.1. The first kappa shape index (κ1) is 11.0. The standard InChI is InChI=1S/C11H14FN3O/c12-8-2-3-9(14-6-8)15-10(16)11(7-13)4-1-5-11/h2-3,6H,1,4-5,7,13H2,(H,14,15,16). The number of rotatable bonds is 3. The number of hydrogen-bond acceptors (Lipinski definition) is 3. The fraction of sp³-hybridized carbons (Fsp3) is 0.455. The third-order valence-corrected chi connectivity index (χ3v) is 3.15. The lowest BCUT2D eigenvalue weighted by Crippen LogP contribution is -2.47. The Kier molecular flexibility index (Phi) is 2.87. The molecular formula is C11H14FN3O. The lowest BCUT2D eigenvalue weighted by atomic mass is 9.68. The number of aromatic nitrogens is 1. The summed E-state index contributed by atoms with van der Waals surface area (Å²) in [6.45, 7) is 0.347. The summed E-state index contributed by atoms with van der Waals surface area (Å²) in [4.78, 5) is 15.7. The Morgan fingerprint density at radius 1 is 1.56 bits per heavy atom. The van der Waals surface area contributed by atoms with Crippen LogP contribution in [0.4, 0.5) is 10.2 Å². The van der Waals surface area contributed by atoms with Crippen molar-refractivity contribution in [2.24, 2.45) is 11.1 Å². The van der Waals surface area contributed by atoms with Gasteiger partial charge in [-0.15, -0.1) is 0 Å². The summed E-state index contributed by atoms with van der Waals surface area (Å²) in [5.74, 6) is -0.165. The molecule has 16 heavy (non-hydrogen) atoms. The molecule has 0 saturated heterocycles. The van der Waals surface area contributed by atoms with Crippen LogP contribution in [-0.2, 0) is 4.79 Å². The van der Waals surface area contributed by atoms with Gasteiger partial charge in [-0.25, -0.2) is 9.37 Å². The number of halogens is 1. The van der Waals surface area contributed by atoms with Crippen molar-refractivity contribution in [2.75, 3.05) is 11.9 Å². The second-order valence-electron chi connectivity index (χ2n) is 4.15. The summed E-state index contributed by atoms with van der Waals surface area (Å²) in [7, 11) is 0. The van der Waals surface area contributed by atoms with Crippen LogP contribution in [0.15, 0.2) is 18.3 Å². The van der Waals surface area contributed by atoms with Gasteiger partial charge in [0.15, 0.2) is 0 Å². The van der Waals surface area contributed by atoms with E-state index in [-0.39, 0.29) is 5.91 Å². The van der Waals surface area contributed by atoms with Crippen LogP contribution in [0.3, 0.4) is 0 Å². The van der Waals surface area contributed by atoms with Crippen molar-refractivity contribution in [3.8, 4) is 0 Å². The molecule has 0 spiro atoms. The third kappa shape index (κ3) is 1.90. The highest BCUT2D eigenvalue weighted by Gasteiger charge is 2.42. The van der Waals surface area contributed by atoms with E-state index in [1.807, 2.05) is 0 Å². The Bertz CT molecular complexity index is 381. The maximum Gasteiger partial charge on any atom is 0.233 e. The van der Waals surface area contributed by atoms with Gasteiger partial charge in [0, 0.05) is 6.54 Å². The predicted molar refractivity (Wildman–Crippen MR) is 58.2 cm³/mol. The normalized spacial score (nSPS) is 17.6. The van der Waals surface area contributed by atoms with Crippen LogP contribution in [0, 0.1) is 11.2 Å². The van der Waals surface area contributed by atoms with Crippen LogP contribution in [0.1, 0.15) is 19.3 Å². The molecule has 0 atom stereocenters. The zero-order valence-corrected chi connectivity index (χ0v) is 8.87. The van der Waals surface area contributed by atoms with Gasteiger partial charge in [-0.05, 0) is 25.0 Å². The molecule has 0 bridgehead atoms. The maximum absolute atomic E-state index is 12.6. The Morgan fingerprint density at radius 2 is 2.31 bits per heavy atom. The Labute approximate surface area is 93.1 Å². The minimum atomic E-state index is -0.434. The van der Waals surface area contributed by atoms with Crippen LogP contribution in [-0.4, -0.2) is 17.4 Å². The second-order valence-corrected chi connectivity index (χ2v) is 4.15. The quantitative estimate of drug-likeness (QED) is 0.811. The largest absolute Gasteiger partial charge is 0.329 e. The molecule has 3 N–H and O–H groups in total. The Hall–Kier alpha value is -1.49. The highest BCUT2D eigenvalue weighted by molar-refractivity contribution is 5.95. The van der Waals surface area contributed by atoms with Crippen molar-refractivity contribution in [3.63, 3.8) is 0 Å². The fourth-order valence-electron chi connectivity index (χ4n) is 1.83. The van der Waals surface area contributed by atoms with E-state index in [2.05, 4.69) is 10.3 Å². The number of carbonyl (C=O) groups is 1. The molecule has 1 saturated carbocycles. The molecule has 0 unspecified atom stereocenters. The molecule has 2 rings (SSSR count). The van der Waals surface area contributed by atoms with Crippen LogP contribution >= 0.6 is 0 Å². The van der Waals surface area contributed by atoms with Crippen molar-refractivity contribution in [1.29, 1.82) is 0 Å². The number of carbonyl (C=O) groups excluding carboxylic acids is 1. The van der Waals surface area contributed by atoms with E-state index < -0.39 is 11.2 Å². The average Bonchev–Trinajstić information content (AvgIpc) is 2.21. The molecule has 1 aromatic rings. The summed E-state index contributed by atoms with van der Waals surface area (Å²) >= 11 is 0. The summed E-state index contributed by atoms with van der Waals surface area (Å²) in [5, 5.41) is 2.67. The third-order valence-electron chi connectivity index (χ3n) is 3.15. The van der Waals surface area contributed by atoms with Crippen molar-refractivity contribution < 1.29 is 9.18 Å². The number of anilines is 1. The van der Waals surface area contributed by atoms with Crippen molar-refractivity contribution in [1.82, 2.24) is 4.98 Å². The van der Waals surface area contributed by atoms with Gasteiger partial charge < -0.3 is 11.1 Å². The number of pyridine rings is 1. The monoisotopic (exact) mass is 223 g/mol. The van der Waals surface area contributed by atoms with E-state index in [0.29, 0.717) is 12.4 Å². The molecule has 5 heteroatoms. The zero-order chi connectivity index (χ0) is 11.6. The first-order valence-corrected chi connectivity index (χ1v) is 5.29. The summed E-state index contributed by atoms with van der Waals surface area (Å²) in [6, 6.07) is 2.70. The topological polar surface area (TPSA) is 68.0 Å². The van der Waals surface area contributed by atoms with Crippen LogP contribution in [0.5, 0.6) is 0 Å². The highest BCUT2D eigenvalue weighted by Crippen LogP contribution is 2.40. The molecular weight excluding hydrogens is 209 g/mol. The lowest BCUT2D eigenvalue weighted by Gasteiger charge is -2.38. The van der Waals surface area contributed by atoms with Crippen molar-refractivity contribution in [3.05, 3.63) is 24.1 Å². The number of nitrogens with two attached hydrogens (primary N) is 1. The smallest absolute Gasteiger partial charge is 0.233 e. The lowest BCUT2D eigenvalue weighted by molar-refractivity contribution is -0.129. The SMILES string of the molecule is NCC1(C(=O)Nc2ccc(F)cn2)CCC1. The summed E-state index contributed by atoms with van der Waals surface area (Å²) in [6.07, 6.45) is 3.74. The average molecular weight is 223 g/mol. The number of nitrogens with zero attached hydrogens (tertiary/aromatic N) is 1. The first-order valence-electron chi connectivity index (χ1n) is 5.29. The van der Waals surface area contributed by atoms with Gasteiger partial charge in [-0.3, -0.25) is 4.79 Å². The minimum absolute atomic E-state index is 0.111. The maximum atomic E-state index is 12.6. The molecule has 0 aromatic carbocycles. The molecule has 86 valence electrons. The van der Waals surface area contributed by atoms with E-state index in [9.17, 15) is 9.18 Å². The minimum Gasteiger partial charge on any atom is -0.329 e. The van der Waals surface area contributed by atoms with Gasteiger partial charge >= 0.3 is 0 Å². The zero-order valence-electron chi connectivity index (χ0n) is 8.87. The van der Waals surface area contributed by atoms with Crippen molar-refractivity contribution in [2.45, 2.75) is 19.3 Å². The van der Waals surface area contributed by atoms with Crippen LogP contribution in [0.2, 0.25) is 0 Å². The Balaban J connectivity index is 2.04. The molecule has 1 aromatic heterocycles. The second kappa shape index (κ2) is 4.17. The molecule has 1 aliphatic rings. The summed E-state index contributed by atoms with van der Waals surface area (Å²) in [5.41, 5.74) is 5.17. The predicted octanol–water partition coefficient (Wildman–Crippen LogP) is 1.29. The van der Waals surface area contributed by atoms with E-state index in [1.165, 1.54) is 12.1 Å². The molecule has 0 aliphatic heterocycles. The van der Waals surface area contributed by atoms with E-state index in [1.54, 1.807) is 0 Å². The molecule has 1 heterocycles. The van der Waals surface area contributed by atoms with Gasteiger partial charge in [0.05, 0.1) is 11.6 Å². The molecule has 4 nitrogen and oxygen atoms in total. The van der Waals surface area contributed by atoms with Gasteiger partial charge in [-0.2, -0.15) is 0 Å². The molecule has 0 radical (unpaired) electrons. The van der Waals surface area contributed by atoms with E-state index in [0.717, 1.165) is 25.5 Å². The van der Waals surface area contributed by atoms with Gasteiger partial charge in [0.25, 0.3) is 0 Å². The van der Waals surface area contributed by atoms with E-state index in [4.69, 9.17) is 5.73 Å². The molecule has 1 fully saturated rings. The van der Waals surface area contributed by atoms with Gasteiger partial charge in [0.1, 0.15) is 11.6 Å². The fourth-order valence-corrected chi connectivity index (χ4v) is 1.83. The number of amides is 1. The summed E-state index contributed by atoms with van der Waals surface area (Å²) < 4.78 is 12.6. The molecule has 1 aliphatic carbocycles. The number of hydrogen-bond donors (Lipinski definition) is 2. The van der Waals surface area contributed by atoms with Crippen LogP contribution < -0.4 is 11.1 Å². The van der Waals surface area contributed by atoms with E-state index >= 15 is 0 Å². The van der Waals surface area contributed by atoms with Crippen molar-refractivity contribution >= 4 is 11.7 Å². The number of nitrogens with one attached hydrogen (secondary N) is 1. The van der Waals surface area contributed by atoms with Crippen LogP contribution in [0.25, 0.3) is 0 Å². The first-order chi connectivity index (χ1) is 7.66. The molecule has 1 amide bonds.